The first-order valence-electron chi connectivity index (χ1n) is 11.3. The maximum absolute atomic E-state index is 13.2. The van der Waals surface area contributed by atoms with Crippen molar-refractivity contribution in [2.24, 2.45) is 0 Å². The molecule has 0 radical (unpaired) electrons. The molecule has 6 nitrogen and oxygen atoms in total. The van der Waals surface area contributed by atoms with Gasteiger partial charge in [0.05, 0.1) is 16.9 Å². The Morgan fingerprint density at radius 3 is 2.40 bits per heavy atom. The van der Waals surface area contributed by atoms with E-state index in [0.717, 1.165) is 16.3 Å². The lowest BCUT2D eigenvalue weighted by Gasteiger charge is -2.23. The van der Waals surface area contributed by atoms with Crippen LogP contribution >= 0.6 is 12.2 Å². The summed E-state index contributed by atoms with van der Waals surface area (Å²) in [6, 6.07) is 27.3. The molecule has 0 bridgehead atoms. The molecule has 0 fully saturated rings. The standard InChI is InChI=1S/C28H23N3O3S/c32-23-15-14-18-8-4-5-11-20(18)25(23)26(19-9-2-1-3-10-19)30-24(33)16-17-31-27(34)21-12-6-7-13-22(21)29-28(31)35/h1-15,26,32H,16-17H2,(H,29,35)(H,30,33). The molecule has 5 rings (SSSR count). The van der Waals surface area contributed by atoms with Gasteiger partial charge in [-0.25, -0.2) is 0 Å². The number of hydrogen-bond acceptors (Lipinski definition) is 4. The van der Waals surface area contributed by atoms with E-state index < -0.39 is 6.04 Å². The summed E-state index contributed by atoms with van der Waals surface area (Å²) >= 11 is 5.37. The lowest BCUT2D eigenvalue weighted by Crippen LogP contribution is -2.32. The fourth-order valence-electron chi connectivity index (χ4n) is 4.40. The van der Waals surface area contributed by atoms with Crippen LogP contribution in [-0.2, 0) is 11.3 Å². The average molecular weight is 482 g/mol. The maximum Gasteiger partial charge on any atom is 0.262 e. The number of phenols is 1. The lowest BCUT2D eigenvalue weighted by molar-refractivity contribution is -0.121. The molecule has 174 valence electrons. The van der Waals surface area contributed by atoms with Gasteiger partial charge in [0.2, 0.25) is 5.91 Å². The number of aromatic hydroxyl groups is 1. The Labute approximate surface area is 206 Å². The molecule has 1 atom stereocenters. The third-order valence-corrected chi connectivity index (χ3v) is 6.45. The van der Waals surface area contributed by atoms with Gasteiger partial charge >= 0.3 is 0 Å². The number of H-pyrrole nitrogens is 1. The first-order chi connectivity index (χ1) is 17.0. The highest BCUT2D eigenvalue weighted by Gasteiger charge is 2.22. The molecule has 0 aliphatic carbocycles. The molecule has 7 heteroatoms. The van der Waals surface area contributed by atoms with Gasteiger partial charge in [0.15, 0.2) is 4.77 Å². The summed E-state index contributed by atoms with van der Waals surface area (Å²) in [6.07, 6.45) is 0.0462. The van der Waals surface area contributed by atoms with Gasteiger partial charge in [-0.15, -0.1) is 0 Å². The van der Waals surface area contributed by atoms with Gasteiger partial charge < -0.3 is 15.4 Å². The predicted octanol–water partition coefficient (Wildman–Crippen LogP) is 5.21. The molecule has 0 spiro atoms. The van der Waals surface area contributed by atoms with Gasteiger partial charge in [0.25, 0.3) is 5.56 Å². The fraction of sp³-hybridized carbons (Fsp3) is 0.107. The van der Waals surface area contributed by atoms with Crippen molar-refractivity contribution in [2.45, 2.75) is 19.0 Å². The summed E-state index contributed by atoms with van der Waals surface area (Å²) in [7, 11) is 0. The molecule has 0 saturated heterocycles. The molecule has 0 aliphatic rings. The van der Waals surface area contributed by atoms with Crippen LogP contribution in [0.2, 0.25) is 0 Å². The topological polar surface area (TPSA) is 87.1 Å². The quantitative estimate of drug-likeness (QED) is 0.291. The Balaban J connectivity index is 1.47. The normalized spacial score (nSPS) is 12.0. The Morgan fingerprint density at radius 2 is 1.60 bits per heavy atom. The second-order valence-corrected chi connectivity index (χ2v) is 8.70. The Kier molecular flexibility index (Phi) is 6.16. The maximum atomic E-state index is 13.2. The summed E-state index contributed by atoms with van der Waals surface area (Å²) in [6.45, 7) is 0.133. The van der Waals surface area contributed by atoms with E-state index in [1.54, 1.807) is 24.3 Å². The average Bonchev–Trinajstić information content (AvgIpc) is 2.88. The molecular weight excluding hydrogens is 458 g/mol. The van der Waals surface area contributed by atoms with Crippen molar-refractivity contribution in [3.8, 4) is 5.75 Å². The minimum atomic E-state index is -0.572. The van der Waals surface area contributed by atoms with Crippen LogP contribution in [0.4, 0.5) is 0 Å². The van der Waals surface area contributed by atoms with E-state index in [0.29, 0.717) is 16.5 Å². The van der Waals surface area contributed by atoms with Crippen LogP contribution < -0.4 is 10.9 Å². The van der Waals surface area contributed by atoms with Gasteiger partial charge in [-0.3, -0.25) is 14.2 Å². The smallest absolute Gasteiger partial charge is 0.262 e. The van der Waals surface area contributed by atoms with E-state index >= 15 is 0 Å². The van der Waals surface area contributed by atoms with Crippen molar-refractivity contribution in [3.63, 3.8) is 0 Å². The number of carbonyl (C=O) groups excluding carboxylic acids is 1. The van der Waals surface area contributed by atoms with Gasteiger partial charge in [0.1, 0.15) is 5.75 Å². The largest absolute Gasteiger partial charge is 0.508 e. The first kappa shape index (κ1) is 22.6. The molecule has 35 heavy (non-hydrogen) atoms. The van der Waals surface area contributed by atoms with Crippen LogP contribution in [0.3, 0.4) is 0 Å². The molecule has 1 aromatic heterocycles. The molecule has 5 aromatic rings. The SMILES string of the molecule is O=C(CCn1c(=S)[nH]c2ccccc2c1=O)NC(c1ccccc1)c1c(O)ccc2ccccc12. The molecule has 1 amide bonds. The van der Waals surface area contributed by atoms with Crippen molar-refractivity contribution in [1.29, 1.82) is 0 Å². The predicted molar refractivity (Wildman–Crippen MR) is 140 cm³/mol. The van der Waals surface area contributed by atoms with E-state index in [4.69, 9.17) is 12.2 Å². The number of benzene rings is 4. The zero-order chi connectivity index (χ0) is 24.4. The summed E-state index contributed by atoms with van der Waals surface area (Å²) < 4.78 is 1.68. The summed E-state index contributed by atoms with van der Waals surface area (Å²) in [5, 5.41) is 16.2. The zero-order valence-corrected chi connectivity index (χ0v) is 19.6. The minimum Gasteiger partial charge on any atom is -0.508 e. The van der Waals surface area contributed by atoms with Crippen molar-refractivity contribution < 1.29 is 9.90 Å². The molecule has 1 unspecified atom stereocenters. The summed E-state index contributed by atoms with van der Waals surface area (Å²) in [5.41, 5.74) is 1.90. The third-order valence-electron chi connectivity index (χ3n) is 6.13. The van der Waals surface area contributed by atoms with Crippen LogP contribution in [0.1, 0.15) is 23.6 Å². The lowest BCUT2D eigenvalue weighted by atomic mass is 9.92. The number of nitrogens with zero attached hydrogens (tertiary/aromatic N) is 1. The van der Waals surface area contributed by atoms with Gasteiger partial charge in [-0.1, -0.05) is 72.8 Å². The number of aromatic nitrogens is 2. The molecule has 0 aliphatic heterocycles. The molecule has 4 aromatic carbocycles. The third kappa shape index (κ3) is 4.46. The number of para-hydroxylation sites is 1. The zero-order valence-electron chi connectivity index (χ0n) is 18.8. The number of aromatic amines is 1. The molecular formula is C28H23N3O3S. The Bertz CT molecular complexity index is 1660. The highest BCUT2D eigenvalue weighted by molar-refractivity contribution is 7.71. The van der Waals surface area contributed by atoms with Gasteiger partial charge in [-0.05, 0) is 46.8 Å². The second kappa shape index (κ2) is 9.56. The van der Waals surface area contributed by atoms with Crippen molar-refractivity contribution >= 4 is 39.8 Å². The van der Waals surface area contributed by atoms with E-state index in [1.165, 1.54) is 4.57 Å². The van der Waals surface area contributed by atoms with E-state index in [9.17, 15) is 14.7 Å². The van der Waals surface area contributed by atoms with Crippen LogP contribution in [0.25, 0.3) is 21.7 Å². The van der Waals surface area contributed by atoms with Crippen LogP contribution in [0.15, 0.2) is 95.8 Å². The Hall–Kier alpha value is -4.23. The summed E-state index contributed by atoms with van der Waals surface area (Å²) in [4.78, 5) is 29.1. The van der Waals surface area contributed by atoms with Crippen LogP contribution in [-0.4, -0.2) is 20.6 Å². The van der Waals surface area contributed by atoms with Crippen molar-refractivity contribution in [3.05, 3.63) is 117 Å². The summed E-state index contributed by atoms with van der Waals surface area (Å²) in [5.74, 6) is -0.160. The van der Waals surface area contributed by atoms with E-state index in [-0.39, 0.29) is 35.0 Å². The van der Waals surface area contributed by atoms with Gasteiger partial charge in [0, 0.05) is 18.5 Å². The number of phenolic OH excluding ortho intramolecular Hbond substituents is 1. The molecule has 1 heterocycles. The first-order valence-corrected chi connectivity index (χ1v) is 11.7. The number of nitrogens with one attached hydrogen (secondary N) is 2. The van der Waals surface area contributed by atoms with Crippen LogP contribution in [0.5, 0.6) is 5.75 Å². The highest BCUT2D eigenvalue weighted by atomic mass is 32.1. The van der Waals surface area contributed by atoms with Crippen LogP contribution in [0, 0.1) is 4.77 Å². The number of rotatable bonds is 6. The Morgan fingerprint density at radius 1 is 0.914 bits per heavy atom. The van der Waals surface area contributed by atoms with Crippen molar-refractivity contribution in [2.75, 3.05) is 0 Å². The number of amides is 1. The number of hydrogen-bond donors (Lipinski definition) is 3. The fourth-order valence-corrected chi connectivity index (χ4v) is 4.69. The number of fused-ring (bicyclic) bond motifs is 2. The van der Waals surface area contributed by atoms with Gasteiger partial charge in [-0.2, -0.15) is 0 Å². The molecule has 3 N–H and O–H groups in total. The van der Waals surface area contributed by atoms with E-state index in [2.05, 4.69) is 10.3 Å². The monoisotopic (exact) mass is 481 g/mol. The minimum absolute atomic E-state index is 0.0462. The number of carbonyl (C=O) groups is 1. The van der Waals surface area contributed by atoms with Crippen molar-refractivity contribution in [1.82, 2.24) is 14.9 Å². The molecule has 0 saturated carbocycles. The van der Waals surface area contributed by atoms with E-state index in [1.807, 2.05) is 66.7 Å². The highest BCUT2D eigenvalue weighted by Crippen LogP contribution is 2.35. The second-order valence-electron chi connectivity index (χ2n) is 8.31.